The summed E-state index contributed by atoms with van der Waals surface area (Å²) in [6, 6.07) is 9.97. The summed E-state index contributed by atoms with van der Waals surface area (Å²) in [5.41, 5.74) is 5.10. The monoisotopic (exact) mass is 436 g/mol. The van der Waals surface area contributed by atoms with Crippen LogP contribution >= 0.6 is 23.2 Å². The Balaban J connectivity index is 1.13. The van der Waals surface area contributed by atoms with Gasteiger partial charge in [0.1, 0.15) is 16.4 Å². The zero-order valence-corrected chi connectivity index (χ0v) is 17.5. The molecule has 0 aliphatic carbocycles. The van der Waals surface area contributed by atoms with Crippen molar-refractivity contribution >= 4 is 23.2 Å². The van der Waals surface area contributed by atoms with Crippen molar-refractivity contribution in [3.8, 4) is 11.5 Å². The summed E-state index contributed by atoms with van der Waals surface area (Å²) in [7, 11) is 0. The van der Waals surface area contributed by atoms with Gasteiger partial charge in [-0.05, 0) is 37.1 Å². The highest BCUT2D eigenvalue weighted by Crippen LogP contribution is 2.43. The van der Waals surface area contributed by atoms with Crippen LogP contribution in [-0.2, 0) is 6.42 Å². The van der Waals surface area contributed by atoms with Crippen molar-refractivity contribution in [2.75, 3.05) is 19.6 Å². The van der Waals surface area contributed by atoms with E-state index in [0.29, 0.717) is 5.75 Å². The third-order valence-corrected chi connectivity index (χ3v) is 6.98. The number of nitrogens with zero attached hydrogens (tertiary/aromatic N) is 1. The Morgan fingerprint density at radius 3 is 2.79 bits per heavy atom. The van der Waals surface area contributed by atoms with Gasteiger partial charge in [0, 0.05) is 37.9 Å². The minimum Gasteiger partial charge on any atom is -0.487 e. The lowest BCUT2D eigenvalue weighted by Gasteiger charge is -2.38. The molecule has 0 aromatic heterocycles. The second-order valence-electron chi connectivity index (χ2n) is 8.23. The first-order chi connectivity index (χ1) is 14.0. The summed E-state index contributed by atoms with van der Waals surface area (Å²) in [6.45, 7) is 3.10. The van der Waals surface area contributed by atoms with Crippen molar-refractivity contribution in [3.63, 3.8) is 0 Å². The number of nitrogens with one attached hydrogen (secondary N) is 1. The first kappa shape index (κ1) is 19.4. The van der Waals surface area contributed by atoms with Crippen LogP contribution in [0.4, 0.5) is 4.39 Å². The molecule has 1 spiro atoms. The van der Waals surface area contributed by atoms with Gasteiger partial charge in [0.15, 0.2) is 11.6 Å². The number of hydrogen-bond acceptors (Lipinski definition) is 4. The van der Waals surface area contributed by atoms with Crippen LogP contribution in [0.5, 0.6) is 11.5 Å². The summed E-state index contributed by atoms with van der Waals surface area (Å²) in [6.07, 6.45) is 5.00. The number of hydroxylamine groups is 1. The Bertz CT molecular complexity index is 904. The van der Waals surface area contributed by atoms with E-state index in [1.54, 1.807) is 6.07 Å². The number of rotatable bonds is 4. The Hall–Kier alpha value is -1.53. The van der Waals surface area contributed by atoms with E-state index in [9.17, 15) is 4.39 Å². The molecule has 1 unspecified atom stereocenters. The van der Waals surface area contributed by atoms with Crippen molar-refractivity contribution in [1.29, 1.82) is 0 Å². The second kappa shape index (κ2) is 7.62. The number of hydrogen-bond donors (Lipinski definition) is 1. The van der Waals surface area contributed by atoms with Crippen LogP contribution in [0.2, 0.25) is 10.0 Å². The van der Waals surface area contributed by atoms with Crippen LogP contribution < -0.4 is 15.1 Å². The van der Waals surface area contributed by atoms with Crippen molar-refractivity contribution in [2.24, 2.45) is 0 Å². The fraction of sp³-hybridized carbons (Fsp3) is 0.455. The zero-order chi connectivity index (χ0) is 20.0. The van der Waals surface area contributed by atoms with Gasteiger partial charge in [-0.3, -0.25) is 0 Å². The quantitative estimate of drug-likeness (QED) is 0.657. The van der Waals surface area contributed by atoms with Gasteiger partial charge in [-0.15, -0.1) is 5.48 Å². The molecular weight excluding hydrogens is 414 g/mol. The lowest BCUT2D eigenvalue weighted by atomic mass is 9.87. The van der Waals surface area contributed by atoms with Gasteiger partial charge in [-0.2, -0.15) is 0 Å². The summed E-state index contributed by atoms with van der Waals surface area (Å²) < 4.78 is 20.2. The van der Waals surface area contributed by atoms with E-state index < -0.39 is 5.82 Å². The first-order valence-electron chi connectivity index (χ1n) is 10.1. The molecule has 2 aromatic carbocycles. The SMILES string of the molecule is Fc1c(Cl)cc2c(c1Cl)ONC2CCCN1CCC2(CC1)Cc1ccccc1O2. The molecule has 2 aromatic rings. The Labute approximate surface area is 179 Å². The first-order valence-corrected chi connectivity index (χ1v) is 10.9. The maximum Gasteiger partial charge on any atom is 0.173 e. The molecule has 0 bridgehead atoms. The molecule has 4 nitrogen and oxygen atoms in total. The van der Waals surface area contributed by atoms with E-state index in [-0.39, 0.29) is 21.7 Å². The number of ether oxygens (including phenoxy) is 1. The van der Waals surface area contributed by atoms with Gasteiger partial charge < -0.3 is 14.5 Å². The van der Waals surface area contributed by atoms with E-state index in [2.05, 4.69) is 28.6 Å². The zero-order valence-electron chi connectivity index (χ0n) is 16.0. The summed E-state index contributed by atoms with van der Waals surface area (Å²) >= 11 is 12.0. The molecule has 5 rings (SSSR count). The van der Waals surface area contributed by atoms with Crippen LogP contribution in [0.1, 0.15) is 42.9 Å². The average Bonchev–Trinajstić information content (AvgIpc) is 3.29. The molecule has 7 heteroatoms. The number of piperidine rings is 1. The van der Waals surface area contributed by atoms with E-state index in [1.165, 1.54) is 5.56 Å². The maximum absolute atomic E-state index is 13.8. The highest BCUT2D eigenvalue weighted by atomic mass is 35.5. The van der Waals surface area contributed by atoms with Crippen LogP contribution in [-0.4, -0.2) is 30.1 Å². The van der Waals surface area contributed by atoms with Crippen molar-refractivity contribution in [2.45, 2.75) is 43.7 Å². The molecule has 0 saturated carbocycles. The molecule has 1 atom stereocenters. The maximum atomic E-state index is 13.8. The third-order valence-electron chi connectivity index (χ3n) is 6.37. The number of para-hydroxylation sites is 1. The highest BCUT2D eigenvalue weighted by molar-refractivity contribution is 6.36. The van der Waals surface area contributed by atoms with E-state index in [0.717, 1.165) is 63.1 Å². The standard InChI is InChI=1S/C22H23Cl2FN2O2/c23-16-12-15-17(26-29-21(15)19(24)20(16)25)5-3-9-27-10-7-22(8-11-27)13-14-4-1-2-6-18(14)28-22/h1-2,4,6,12,17,26H,3,5,7-11,13H2. The molecular formula is C22H23Cl2FN2O2. The number of likely N-dealkylation sites (tertiary alicyclic amines) is 1. The van der Waals surface area contributed by atoms with Gasteiger partial charge in [-0.25, -0.2) is 4.39 Å². The van der Waals surface area contributed by atoms with Crippen molar-refractivity contribution in [1.82, 2.24) is 10.4 Å². The molecule has 3 aliphatic heterocycles. The normalized spacial score (nSPS) is 22.2. The van der Waals surface area contributed by atoms with Crippen molar-refractivity contribution in [3.05, 3.63) is 57.3 Å². The summed E-state index contributed by atoms with van der Waals surface area (Å²) in [5.74, 6) is 0.783. The summed E-state index contributed by atoms with van der Waals surface area (Å²) in [4.78, 5) is 7.90. The lowest BCUT2D eigenvalue weighted by molar-refractivity contribution is 0.0187. The van der Waals surface area contributed by atoms with Crippen molar-refractivity contribution < 1.29 is 14.0 Å². The van der Waals surface area contributed by atoms with E-state index >= 15 is 0 Å². The molecule has 1 saturated heterocycles. The highest BCUT2D eigenvalue weighted by Gasteiger charge is 2.41. The Morgan fingerprint density at radius 2 is 2.00 bits per heavy atom. The van der Waals surface area contributed by atoms with E-state index in [4.69, 9.17) is 32.8 Å². The number of fused-ring (bicyclic) bond motifs is 2. The van der Waals surface area contributed by atoms with Gasteiger partial charge >= 0.3 is 0 Å². The molecule has 1 N–H and O–H groups in total. The molecule has 29 heavy (non-hydrogen) atoms. The van der Waals surface area contributed by atoms with Gasteiger partial charge in [0.25, 0.3) is 0 Å². The molecule has 0 radical (unpaired) electrons. The van der Waals surface area contributed by atoms with Crippen LogP contribution in [0.25, 0.3) is 0 Å². The Morgan fingerprint density at radius 1 is 1.21 bits per heavy atom. The molecule has 3 heterocycles. The predicted octanol–water partition coefficient (Wildman–Crippen LogP) is 5.32. The fourth-order valence-electron chi connectivity index (χ4n) is 4.72. The fourth-order valence-corrected chi connectivity index (χ4v) is 5.22. The van der Waals surface area contributed by atoms with Gasteiger partial charge in [-0.1, -0.05) is 41.4 Å². The smallest absolute Gasteiger partial charge is 0.173 e. The largest absolute Gasteiger partial charge is 0.487 e. The minimum absolute atomic E-state index is 0.0163. The third kappa shape index (κ3) is 3.59. The summed E-state index contributed by atoms with van der Waals surface area (Å²) in [5, 5.41) is -0.0219. The molecule has 1 fully saturated rings. The molecule has 3 aliphatic rings. The van der Waals surface area contributed by atoms with E-state index in [1.807, 2.05) is 6.07 Å². The average molecular weight is 437 g/mol. The predicted molar refractivity (Wildman–Crippen MR) is 111 cm³/mol. The Kier molecular flexibility index (Phi) is 5.11. The number of benzene rings is 2. The minimum atomic E-state index is -0.631. The van der Waals surface area contributed by atoms with Crippen LogP contribution in [0.3, 0.4) is 0 Å². The van der Waals surface area contributed by atoms with Gasteiger partial charge in [0.05, 0.1) is 11.1 Å². The topological polar surface area (TPSA) is 33.7 Å². The molecule has 154 valence electrons. The second-order valence-corrected chi connectivity index (χ2v) is 9.02. The lowest BCUT2D eigenvalue weighted by Crippen LogP contribution is -2.47. The number of halogens is 3. The van der Waals surface area contributed by atoms with Crippen LogP contribution in [0.15, 0.2) is 30.3 Å². The van der Waals surface area contributed by atoms with Gasteiger partial charge in [0.2, 0.25) is 0 Å². The van der Waals surface area contributed by atoms with Crippen LogP contribution in [0, 0.1) is 5.82 Å². The molecule has 0 amide bonds.